The quantitative estimate of drug-likeness (QED) is 0.783. The molecule has 0 saturated heterocycles. The van der Waals surface area contributed by atoms with E-state index in [2.05, 4.69) is 6.58 Å². The van der Waals surface area contributed by atoms with Crippen LogP contribution in [0.5, 0.6) is 0 Å². The van der Waals surface area contributed by atoms with Crippen molar-refractivity contribution in [3.63, 3.8) is 0 Å². The van der Waals surface area contributed by atoms with Crippen LogP contribution in [-0.2, 0) is 6.42 Å². The van der Waals surface area contributed by atoms with E-state index in [1.165, 1.54) is 0 Å². The van der Waals surface area contributed by atoms with Crippen molar-refractivity contribution in [2.24, 2.45) is 5.73 Å². The van der Waals surface area contributed by atoms with Crippen LogP contribution in [0.25, 0.3) is 0 Å². The summed E-state index contributed by atoms with van der Waals surface area (Å²) in [6, 6.07) is 3.56. The van der Waals surface area contributed by atoms with E-state index in [0.717, 1.165) is 24.8 Å². The fourth-order valence-electron chi connectivity index (χ4n) is 1.60. The van der Waals surface area contributed by atoms with E-state index in [-0.39, 0.29) is 16.9 Å². The molecular formula is C13H17ClFN. The summed E-state index contributed by atoms with van der Waals surface area (Å²) in [6.07, 6.45) is 4.44. The molecule has 0 fully saturated rings. The van der Waals surface area contributed by atoms with Gasteiger partial charge in [-0.3, -0.25) is 0 Å². The van der Waals surface area contributed by atoms with Crippen molar-refractivity contribution < 1.29 is 4.39 Å². The Bertz CT molecular complexity index is 353. The highest BCUT2D eigenvalue weighted by Crippen LogP contribution is 2.21. The smallest absolute Gasteiger partial charge is 0.144 e. The minimum absolute atomic E-state index is 0.0389. The van der Waals surface area contributed by atoms with Gasteiger partial charge in [-0.25, -0.2) is 4.39 Å². The summed E-state index contributed by atoms with van der Waals surface area (Å²) >= 11 is 5.77. The van der Waals surface area contributed by atoms with Crippen molar-refractivity contribution in [2.45, 2.75) is 32.2 Å². The summed E-state index contributed by atoms with van der Waals surface area (Å²) < 4.78 is 13.3. The Hall–Kier alpha value is -0.860. The van der Waals surface area contributed by atoms with E-state index >= 15 is 0 Å². The first-order valence-electron chi connectivity index (χ1n) is 5.37. The van der Waals surface area contributed by atoms with Gasteiger partial charge in [-0.15, -0.1) is 6.58 Å². The third kappa shape index (κ3) is 3.62. The first-order valence-corrected chi connectivity index (χ1v) is 5.75. The molecule has 0 aliphatic rings. The molecule has 1 atom stereocenters. The molecule has 0 saturated carbocycles. The molecular weight excluding hydrogens is 225 g/mol. The molecule has 1 aromatic carbocycles. The number of halogens is 2. The molecule has 0 aliphatic carbocycles. The average Bonchev–Trinajstić information content (AvgIpc) is 2.25. The third-order valence-electron chi connectivity index (χ3n) is 2.58. The SMILES string of the molecule is C=CC(N)CCCc1cc(C)c(F)c(Cl)c1. The lowest BCUT2D eigenvalue weighted by atomic mass is 10.0. The highest BCUT2D eigenvalue weighted by atomic mass is 35.5. The normalized spacial score (nSPS) is 12.5. The lowest BCUT2D eigenvalue weighted by Gasteiger charge is -2.07. The zero-order valence-electron chi connectivity index (χ0n) is 9.47. The lowest BCUT2D eigenvalue weighted by molar-refractivity contribution is 0.616. The van der Waals surface area contributed by atoms with Gasteiger partial charge >= 0.3 is 0 Å². The third-order valence-corrected chi connectivity index (χ3v) is 2.85. The second-order valence-electron chi connectivity index (χ2n) is 4.00. The minimum atomic E-state index is -0.326. The van der Waals surface area contributed by atoms with Gasteiger partial charge in [0.25, 0.3) is 0 Å². The Morgan fingerprint density at radius 2 is 2.25 bits per heavy atom. The predicted octanol–water partition coefficient (Wildman–Crippen LogP) is 3.62. The van der Waals surface area contributed by atoms with Crippen LogP contribution in [0.3, 0.4) is 0 Å². The Morgan fingerprint density at radius 1 is 1.56 bits per heavy atom. The van der Waals surface area contributed by atoms with Crippen molar-refractivity contribution in [3.8, 4) is 0 Å². The van der Waals surface area contributed by atoms with Crippen LogP contribution in [-0.4, -0.2) is 6.04 Å². The molecule has 0 bridgehead atoms. The van der Waals surface area contributed by atoms with Crippen molar-refractivity contribution in [3.05, 3.63) is 46.8 Å². The summed E-state index contributed by atoms with van der Waals surface area (Å²) in [5.41, 5.74) is 7.37. The van der Waals surface area contributed by atoms with Crippen molar-refractivity contribution in [1.29, 1.82) is 0 Å². The Balaban J connectivity index is 2.58. The van der Waals surface area contributed by atoms with Gasteiger partial charge in [0.1, 0.15) is 5.82 Å². The van der Waals surface area contributed by atoms with Gasteiger partial charge in [0, 0.05) is 6.04 Å². The first kappa shape index (κ1) is 13.2. The first-order chi connectivity index (χ1) is 7.54. The molecule has 1 rings (SSSR count). The van der Waals surface area contributed by atoms with Gasteiger partial charge in [0.15, 0.2) is 0 Å². The molecule has 0 heterocycles. The van der Waals surface area contributed by atoms with Crippen molar-refractivity contribution in [1.82, 2.24) is 0 Å². The highest BCUT2D eigenvalue weighted by Gasteiger charge is 2.06. The van der Waals surface area contributed by atoms with Gasteiger partial charge in [-0.1, -0.05) is 23.7 Å². The predicted molar refractivity (Wildman–Crippen MR) is 67.3 cm³/mol. The van der Waals surface area contributed by atoms with E-state index in [4.69, 9.17) is 17.3 Å². The Labute approximate surface area is 101 Å². The Kier molecular flexibility index (Phi) is 4.97. The van der Waals surface area contributed by atoms with Crippen LogP contribution in [0.4, 0.5) is 4.39 Å². The maximum absolute atomic E-state index is 13.3. The molecule has 2 N–H and O–H groups in total. The van der Waals surface area contributed by atoms with Crippen LogP contribution < -0.4 is 5.73 Å². The molecule has 0 spiro atoms. The van der Waals surface area contributed by atoms with Crippen LogP contribution >= 0.6 is 11.6 Å². The maximum atomic E-state index is 13.3. The van der Waals surface area contributed by atoms with Crippen LogP contribution in [0, 0.1) is 12.7 Å². The van der Waals surface area contributed by atoms with E-state index in [1.54, 1.807) is 19.1 Å². The largest absolute Gasteiger partial charge is 0.324 e. The van der Waals surface area contributed by atoms with E-state index < -0.39 is 0 Å². The van der Waals surface area contributed by atoms with Crippen LogP contribution in [0.2, 0.25) is 5.02 Å². The molecule has 3 heteroatoms. The zero-order chi connectivity index (χ0) is 12.1. The maximum Gasteiger partial charge on any atom is 0.144 e. The fraction of sp³-hybridized carbons (Fsp3) is 0.385. The lowest BCUT2D eigenvalue weighted by Crippen LogP contribution is -2.16. The molecule has 0 radical (unpaired) electrons. The molecule has 88 valence electrons. The number of aryl methyl sites for hydroxylation is 2. The summed E-state index contributed by atoms with van der Waals surface area (Å²) in [5, 5.41) is 0.197. The summed E-state index contributed by atoms with van der Waals surface area (Å²) in [6.45, 7) is 5.35. The molecule has 1 aromatic rings. The second kappa shape index (κ2) is 6.02. The number of benzene rings is 1. The molecule has 0 amide bonds. The monoisotopic (exact) mass is 241 g/mol. The van der Waals surface area contributed by atoms with E-state index in [0.29, 0.717) is 5.56 Å². The van der Waals surface area contributed by atoms with Crippen molar-refractivity contribution >= 4 is 11.6 Å². The summed E-state index contributed by atoms with van der Waals surface area (Å²) in [4.78, 5) is 0. The van der Waals surface area contributed by atoms with Crippen molar-refractivity contribution in [2.75, 3.05) is 0 Å². The Morgan fingerprint density at radius 3 is 2.81 bits per heavy atom. The van der Waals surface area contributed by atoms with E-state index in [1.807, 2.05) is 6.07 Å². The molecule has 16 heavy (non-hydrogen) atoms. The molecule has 1 nitrogen and oxygen atoms in total. The van der Waals surface area contributed by atoms with Gasteiger partial charge in [-0.05, 0) is 43.4 Å². The van der Waals surface area contributed by atoms with Crippen LogP contribution in [0.1, 0.15) is 24.0 Å². The molecule has 0 aliphatic heterocycles. The van der Waals surface area contributed by atoms with Gasteiger partial charge in [-0.2, -0.15) is 0 Å². The van der Waals surface area contributed by atoms with Gasteiger partial charge in [0.2, 0.25) is 0 Å². The molecule has 1 unspecified atom stereocenters. The summed E-state index contributed by atoms with van der Waals surface area (Å²) in [7, 11) is 0. The standard InChI is InChI=1S/C13H17ClFN/c1-3-11(16)6-4-5-10-7-9(2)13(15)12(14)8-10/h3,7-8,11H,1,4-6,16H2,2H3. The zero-order valence-corrected chi connectivity index (χ0v) is 10.2. The fourth-order valence-corrected chi connectivity index (χ4v) is 1.89. The number of nitrogens with two attached hydrogens (primary N) is 1. The molecule has 0 aromatic heterocycles. The van der Waals surface area contributed by atoms with Crippen LogP contribution in [0.15, 0.2) is 24.8 Å². The topological polar surface area (TPSA) is 26.0 Å². The van der Waals surface area contributed by atoms with Gasteiger partial charge in [0.05, 0.1) is 5.02 Å². The minimum Gasteiger partial charge on any atom is -0.324 e. The second-order valence-corrected chi connectivity index (χ2v) is 4.41. The number of rotatable bonds is 5. The van der Waals surface area contributed by atoms with Gasteiger partial charge < -0.3 is 5.73 Å². The average molecular weight is 242 g/mol. The van der Waals surface area contributed by atoms with E-state index in [9.17, 15) is 4.39 Å². The summed E-state index contributed by atoms with van der Waals surface area (Å²) in [5.74, 6) is -0.326. The number of hydrogen-bond acceptors (Lipinski definition) is 1. The number of hydrogen-bond donors (Lipinski definition) is 1. The highest BCUT2D eigenvalue weighted by molar-refractivity contribution is 6.30.